The molecule has 0 aliphatic heterocycles. The smallest absolute Gasteiger partial charge is 0.375 e. The van der Waals surface area contributed by atoms with E-state index in [-0.39, 0.29) is 16.8 Å². The number of nitrogens with one attached hydrogen (secondary N) is 1. The first kappa shape index (κ1) is 17.7. The third-order valence-corrected chi connectivity index (χ3v) is 3.82. The van der Waals surface area contributed by atoms with Gasteiger partial charge in [0.15, 0.2) is 11.5 Å². The van der Waals surface area contributed by atoms with Crippen LogP contribution in [0.4, 0.5) is 5.69 Å². The van der Waals surface area contributed by atoms with E-state index in [0.717, 1.165) is 6.07 Å². The number of hydrogen-bond acceptors (Lipinski definition) is 5. The second-order valence-corrected chi connectivity index (χ2v) is 5.95. The molecule has 0 saturated carbocycles. The maximum Gasteiger partial charge on any atom is 0.375 e. The molecule has 3 aromatic rings. The second kappa shape index (κ2) is 7.41. The summed E-state index contributed by atoms with van der Waals surface area (Å²) < 4.78 is 10.5. The van der Waals surface area contributed by atoms with Crippen LogP contribution < -0.4 is 10.7 Å². The maximum absolute atomic E-state index is 12.2. The first-order chi connectivity index (χ1) is 12.4. The van der Waals surface area contributed by atoms with Gasteiger partial charge in [0.25, 0.3) is 5.91 Å². The summed E-state index contributed by atoms with van der Waals surface area (Å²) in [4.78, 5) is 36.4. The molecular weight excluding hydrogens is 358 g/mol. The summed E-state index contributed by atoms with van der Waals surface area (Å²) in [7, 11) is 0. The number of anilines is 1. The Morgan fingerprint density at radius 3 is 2.65 bits per heavy atom. The van der Waals surface area contributed by atoms with Crippen molar-refractivity contribution in [2.24, 2.45) is 0 Å². The van der Waals surface area contributed by atoms with E-state index in [2.05, 4.69) is 5.32 Å². The number of halogens is 1. The molecular formula is C19H14ClNO5. The first-order valence-corrected chi connectivity index (χ1v) is 8.12. The molecule has 0 aliphatic carbocycles. The number of fused-ring (bicyclic) bond motifs is 1. The third-order valence-electron chi connectivity index (χ3n) is 3.58. The zero-order valence-corrected chi connectivity index (χ0v) is 14.4. The summed E-state index contributed by atoms with van der Waals surface area (Å²) in [5, 5.41) is 3.41. The van der Waals surface area contributed by atoms with Gasteiger partial charge >= 0.3 is 5.97 Å². The average Bonchev–Trinajstić information content (AvgIpc) is 2.61. The molecule has 0 saturated heterocycles. The van der Waals surface area contributed by atoms with Gasteiger partial charge in [-0.3, -0.25) is 9.59 Å². The minimum atomic E-state index is -1.10. The van der Waals surface area contributed by atoms with Crippen molar-refractivity contribution in [1.82, 2.24) is 0 Å². The summed E-state index contributed by atoms with van der Waals surface area (Å²) >= 11 is 5.86. The Morgan fingerprint density at radius 1 is 1.12 bits per heavy atom. The summed E-state index contributed by atoms with van der Waals surface area (Å²) in [6, 6.07) is 14.2. The van der Waals surface area contributed by atoms with Crippen LogP contribution >= 0.6 is 11.6 Å². The van der Waals surface area contributed by atoms with Gasteiger partial charge in [-0.05, 0) is 37.3 Å². The van der Waals surface area contributed by atoms with Crippen molar-refractivity contribution >= 4 is 40.1 Å². The summed E-state index contributed by atoms with van der Waals surface area (Å²) in [6.07, 6.45) is -1.10. The van der Waals surface area contributed by atoms with Crippen molar-refractivity contribution in [3.8, 4) is 0 Å². The number of carbonyl (C=O) groups is 2. The number of amides is 1. The van der Waals surface area contributed by atoms with Crippen LogP contribution in [0.1, 0.15) is 17.5 Å². The number of rotatable bonds is 4. The third kappa shape index (κ3) is 3.92. The van der Waals surface area contributed by atoms with Crippen molar-refractivity contribution in [3.05, 3.63) is 75.6 Å². The topological polar surface area (TPSA) is 85.6 Å². The van der Waals surface area contributed by atoms with Gasteiger partial charge in [-0.2, -0.15) is 0 Å². The maximum atomic E-state index is 12.2. The lowest BCUT2D eigenvalue weighted by molar-refractivity contribution is -0.123. The molecule has 1 N–H and O–H groups in total. The molecule has 2 aromatic carbocycles. The molecule has 7 heteroatoms. The molecule has 3 rings (SSSR count). The minimum Gasteiger partial charge on any atom is -0.449 e. The molecule has 0 spiro atoms. The molecule has 0 unspecified atom stereocenters. The molecule has 26 heavy (non-hydrogen) atoms. The highest BCUT2D eigenvalue weighted by molar-refractivity contribution is 6.30. The Bertz CT molecular complexity index is 1040. The van der Waals surface area contributed by atoms with E-state index in [0.29, 0.717) is 16.1 Å². The van der Waals surface area contributed by atoms with Crippen molar-refractivity contribution in [1.29, 1.82) is 0 Å². The van der Waals surface area contributed by atoms with Crippen LogP contribution in [0.3, 0.4) is 0 Å². The summed E-state index contributed by atoms with van der Waals surface area (Å²) in [5.41, 5.74) is 0.375. The molecule has 0 aliphatic rings. The zero-order valence-electron chi connectivity index (χ0n) is 13.7. The molecule has 0 bridgehead atoms. The average molecular weight is 372 g/mol. The second-order valence-electron chi connectivity index (χ2n) is 5.52. The Morgan fingerprint density at radius 2 is 1.88 bits per heavy atom. The number of para-hydroxylation sites is 1. The highest BCUT2D eigenvalue weighted by Gasteiger charge is 2.21. The van der Waals surface area contributed by atoms with E-state index in [4.69, 9.17) is 20.8 Å². The predicted octanol–water partition coefficient (Wildman–Crippen LogP) is 3.63. The SMILES string of the molecule is C[C@H](OC(=O)c1cc(=O)c2ccccc2o1)C(=O)Nc1cccc(Cl)c1. The number of hydrogen-bond donors (Lipinski definition) is 1. The van der Waals surface area contributed by atoms with Crippen molar-refractivity contribution in [3.63, 3.8) is 0 Å². The Kier molecular flexibility index (Phi) is 5.04. The van der Waals surface area contributed by atoms with Crippen LogP contribution in [0.2, 0.25) is 5.02 Å². The highest BCUT2D eigenvalue weighted by atomic mass is 35.5. The van der Waals surface area contributed by atoms with Gasteiger partial charge in [0.2, 0.25) is 5.76 Å². The van der Waals surface area contributed by atoms with E-state index in [1.807, 2.05) is 0 Å². The van der Waals surface area contributed by atoms with E-state index in [1.165, 1.54) is 6.92 Å². The molecule has 6 nitrogen and oxygen atoms in total. The van der Waals surface area contributed by atoms with E-state index >= 15 is 0 Å². The Hall–Kier alpha value is -3.12. The van der Waals surface area contributed by atoms with Gasteiger partial charge in [0.1, 0.15) is 5.58 Å². The fourth-order valence-electron chi connectivity index (χ4n) is 2.29. The molecule has 1 atom stereocenters. The van der Waals surface area contributed by atoms with Gasteiger partial charge in [-0.25, -0.2) is 4.79 Å². The van der Waals surface area contributed by atoms with Crippen LogP contribution in [0.25, 0.3) is 11.0 Å². The monoisotopic (exact) mass is 371 g/mol. The Labute approximate surface area is 153 Å². The van der Waals surface area contributed by atoms with Gasteiger partial charge in [0.05, 0.1) is 5.39 Å². The fraction of sp³-hybridized carbons (Fsp3) is 0.105. The molecule has 0 radical (unpaired) electrons. The lowest BCUT2D eigenvalue weighted by Crippen LogP contribution is -2.30. The van der Waals surface area contributed by atoms with E-state index in [9.17, 15) is 14.4 Å². The quantitative estimate of drug-likeness (QED) is 0.708. The molecule has 1 heterocycles. The van der Waals surface area contributed by atoms with Gasteiger partial charge in [0, 0.05) is 16.8 Å². The van der Waals surface area contributed by atoms with Crippen molar-refractivity contribution in [2.45, 2.75) is 13.0 Å². The number of esters is 1. The van der Waals surface area contributed by atoms with Gasteiger partial charge < -0.3 is 14.5 Å². The first-order valence-electron chi connectivity index (χ1n) is 7.74. The predicted molar refractivity (Wildman–Crippen MR) is 97.4 cm³/mol. The molecule has 1 amide bonds. The van der Waals surface area contributed by atoms with Crippen LogP contribution in [0.15, 0.2) is 63.8 Å². The lowest BCUT2D eigenvalue weighted by Gasteiger charge is -2.13. The van der Waals surface area contributed by atoms with Crippen LogP contribution in [0.5, 0.6) is 0 Å². The number of carbonyl (C=O) groups excluding carboxylic acids is 2. The van der Waals surface area contributed by atoms with Crippen LogP contribution in [-0.2, 0) is 9.53 Å². The molecule has 132 valence electrons. The van der Waals surface area contributed by atoms with Gasteiger partial charge in [-0.1, -0.05) is 29.8 Å². The fourth-order valence-corrected chi connectivity index (χ4v) is 2.48. The molecule has 0 fully saturated rings. The van der Waals surface area contributed by atoms with Crippen molar-refractivity contribution in [2.75, 3.05) is 5.32 Å². The standard InChI is InChI=1S/C19H14ClNO5/c1-11(18(23)21-13-6-4-5-12(20)9-13)25-19(24)17-10-15(22)14-7-2-3-8-16(14)26-17/h2-11H,1H3,(H,21,23)/t11-/m0/s1. The zero-order chi connectivity index (χ0) is 18.7. The normalized spacial score (nSPS) is 11.8. The lowest BCUT2D eigenvalue weighted by atomic mass is 10.2. The van der Waals surface area contributed by atoms with Crippen LogP contribution in [0, 0.1) is 0 Å². The highest BCUT2D eigenvalue weighted by Crippen LogP contribution is 2.16. The largest absolute Gasteiger partial charge is 0.449 e. The van der Waals surface area contributed by atoms with Crippen molar-refractivity contribution < 1.29 is 18.7 Å². The number of ether oxygens (including phenoxy) is 1. The van der Waals surface area contributed by atoms with Gasteiger partial charge in [-0.15, -0.1) is 0 Å². The summed E-state index contributed by atoms with van der Waals surface area (Å²) in [5.74, 6) is -1.71. The summed E-state index contributed by atoms with van der Waals surface area (Å²) in [6.45, 7) is 1.41. The van der Waals surface area contributed by atoms with Crippen LogP contribution in [-0.4, -0.2) is 18.0 Å². The molecule has 1 aromatic heterocycles. The Balaban J connectivity index is 1.73. The van der Waals surface area contributed by atoms with E-state index in [1.54, 1.807) is 48.5 Å². The minimum absolute atomic E-state index is 0.267. The number of benzene rings is 2. The van der Waals surface area contributed by atoms with E-state index < -0.39 is 18.0 Å².